The lowest BCUT2D eigenvalue weighted by Gasteiger charge is -2.13. The molecule has 0 aliphatic heterocycles. The van der Waals surface area contributed by atoms with Crippen LogP contribution in [0.3, 0.4) is 0 Å². The first kappa shape index (κ1) is 16.7. The highest BCUT2D eigenvalue weighted by molar-refractivity contribution is 6.04. The molecule has 0 spiro atoms. The summed E-state index contributed by atoms with van der Waals surface area (Å²) in [6.07, 6.45) is 1.60. The molecule has 0 radical (unpaired) electrons. The van der Waals surface area contributed by atoms with Crippen LogP contribution in [0.5, 0.6) is 5.75 Å². The molecular weight excluding hydrogens is 322 g/mol. The lowest BCUT2D eigenvalue weighted by molar-refractivity contribution is 0.101. The van der Waals surface area contributed by atoms with Gasteiger partial charge in [-0.3, -0.25) is 9.48 Å². The van der Waals surface area contributed by atoms with Crippen molar-refractivity contribution in [1.29, 1.82) is 0 Å². The van der Waals surface area contributed by atoms with Crippen LogP contribution in [0, 0.1) is 6.92 Å². The molecule has 0 bridgehead atoms. The van der Waals surface area contributed by atoms with Gasteiger partial charge in [0.1, 0.15) is 11.4 Å². The molecule has 3 rings (SSSR count). The van der Waals surface area contributed by atoms with Crippen molar-refractivity contribution in [1.82, 2.24) is 20.0 Å². The molecule has 0 aliphatic rings. The maximum absolute atomic E-state index is 12.6. The summed E-state index contributed by atoms with van der Waals surface area (Å²) >= 11 is 0. The fraction of sp³-hybridized carbons (Fsp3) is 0.294. The van der Waals surface area contributed by atoms with Crippen LogP contribution in [0.2, 0.25) is 0 Å². The van der Waals surface area contributed by atoms with Crippen molar-refractivity contribution in [2.24, 2.45) is 0 Å². The molecular formula is C17H19N5O3. The van der Waals surface area contributed by atoms with E-state index in [0.29, 0.717) is 34.5 Å². The summed E-state index contributed by atoms with van der Waals surface area (Å²) in [6, 6.07) is 7.02. The largest absolute Gasteiger partial charge is 0.495 e. The van der Waals surface area contributed by atoms with E-state index in [0.717, 1.165) is 0 Å². The van der Waals surface area contributed by atoms with E-state index in [2.05, 4.69) is 20.6 Å². The van der Waals surface area contributed by atoms with Crippen LogP contribution < -0.4 is 10.1 Å². The molecule has 0 saturated heterocycles. The van der Waals surface area contributed by atoms with Crippen molar-refractivity contribution in [3.05, 3.63) is 42.0 Å². The van der Waals surface area contributed by atoms with Crippen LogP contribution in [-0.4, -0.2) is 33.0 Å². The topological polar surface area (TPSA) is 95.1 Å². The van der Waals surface area contributed by atoms with Gasteiger partial charge in [0.2, 0.25) is 11.8 Å². The number of ether oxygens (including phenoxy) is 1. The number of aryl methyl sites for hydroxylation is 1. The van der Waals surface area contributed by atoms with Gasteiger partial charge in [0.05, 0.1) is 12.8 Å². The zero-order valence-corrected chi connectivity index (χ0v) is 14.5. The molecule has 0 fully saturated rings. The van der Waals surface area contributed by atoms with Crippen LogP contribution in [0.1, 0.15) is 36.3 Å². The summed E-state index contributed by atoms with van der Waals surface area (Å²) in [5, 5.41) is 14.9. The van der Waals surface area contributed by atoms with E-state index in [9.17, 15) is 4.79 Å². The molecule has 0 saturated carbocycles. The van der Waals surface area contributed by atoms with Crippen molar-refractivity contribution < 1.29 is 13.9 Å². The van der Waals surface area contributed by atoms with E-state index in [1.165, 1.54) is 0 Å². The second-order valence-electron chi connectivity index (χ2n) is 5.75. The maximum atomic E-state index is 12.6. The van der Waals surface area contributed by atoms with Gasteiger partial charge in [-0.15, -0.1) is 10.2 Å². The molecule has 1 amide bonds. The van der Waals surface area contributed by atoms with Gasteiger partial charge in [-0.2, -0.15) is 5.10 Å². The molecule has 3 aromatic rings. The van der Waals surface area contributed by atoms with Crippen molar-refractivity contribution in [2.75, 3.05) is 12.4 Å². The molecule has 1 N–H and O–H groups in total. The second-order valence-corrected chi connectivity index (χ2v) is 5.75. The first-order valence-electron chi connectivity index (χ1n) is 7.83. The Kier molecular flexibility index (Phi) is 4.51. The lowest BCUT2D eigenvalue weighted by Crippen LogP contribution is -2.19. The first-order valence-corrected chi connectivity index (χ1v) is 7.83. The monoisotopic (exact) mass is 341 g/mol. The quantitative estimate of drug-likeness (QED) is 0.766. The Hall–Kier alpha value is -3.16. The molecule has 130 valence electrons. The van der Waals surface area contributed by atoms with Crippen LogP contribution in [-0.2, 0) is 0 Å². The van der Waals surface area contributed by atoms with E-state index in [1.807, 2.05) is 13.8 Å². The lowest BCUT2D eigenvalue weighted by atomic mass is 10.1. The standard InChI is InChI=1S/C17H19N5O3/c1-10(2)22-14(7-8-18-22)16(23)19-13-9-12(5-6-15(13)24-4)17-21-20-11(3)25-17/h5-10H,1-4H3,(H,19,23). The molecule has 0 unspecified atom stereocenters. The minimum Gasteiger partial charge on any atom is -0.495 e. The highest BCUT2D eigenvalue weighted by Gasteiger charge is 2.17. The summed E-state index contributed by atoms with van der Waals surface area (Å²) < 4.78 is 12.4. The highest BCUT2D eigenvalue weighted by Crippen LogP contribution is 2.30. The maximum Gasteiger partial charge on any atom is 0.274 e. The predicted octanol–water partition coefficient (Wildman–Crippen LogP) is 3.08. The van der Waals surface area contributed by atoms with Crippen molar-refractivity contribution >= 4 is 11.6 Å². The number of hydrogen-bond acceptors (Lipinski definition) is 6. The molecule has 2 heterocycles. The smallest absolute Gasteiger partial charge is 0.274 e. The van der Waals surface area contributed by atoms with E-state index < -0.39 is 0 Å². The van der Waals surface area contributed by atoms with Gasteiger partial charge in [-0.1, -0.05) is 0 Å². The summed E-state index contributed by atoms with van der Waals surface area (Å²) in [5.41, 5.74) is 1.67. The number of rotatable bonds is 5. The van der Waals surface area contributed by atoms with Gasteiger partial charge in [0.25, 0.3) is 5.91 Å². The fourth-order valence-corrected chi connectivity index (χ4v) is 2.44. The highest BCUT2D eigenvalue weighted by atomic mass is 16.5. The Bertz CT molecular complexity index is 897. The number of carbonyl (C=O) groups is 1. The van der Waals surface area contributed by atoms with Gasteiger partial charge >= 0.3 is 0 Å². The van der Waals surface area contributed by atoms with Crippen molar-refractivity contribution in [3.63, 3.8) is 0 Å². The zero-order valence-electron chi connectivity index (χ0n) is 14.5. The minimum atomic E-state index is -0.275. The Morgan fingerprint density at radius 1 is 1.28 bits per heavy atom. The third-order valence-electron chi connectivity index (χ3n) is 3.61. The molecule has 8 nitrogen and oxygen atoms in total. The Labute approximate surface area is 144 Å². The first-order chi connectivity index (χ1) is 12.0. The van der Waals surface area contributed by atoms with E-state index in [1.54, 1.807) is 49.2 Å². The van der Waals surface area contributed by atoms with Gasteiger partial charge in [-0.05, 0) is 38.1 Å². The molecule has 0 atom stereocenters. The Balaban J connectivity index is 1.92. The molecule has 8 heteroatoms. The summed E-state index contributed by atoms with van der Waals surface area (Å²) in [6.45, 7) is 5.64. The van der Waals surface area contributed by atoms with Gasteiger partial charge in [0.15, 0.2) is 0 Å². The Morgan fingerprint density at radius 3 is 2.72 bits per heavy atom. The van der Waals surface area contributed by atoms with Crippen LogP contribution in [0.4, 0.5) is 5.69 Å². The number of amides is 1. The van der Waals surface area contributed by atoms with Gasteiger partial charge < -0.3 is 14.5 Å². The average Bonchev–Trinajstić information content (AvgIpc) is 3.23. The second kappa shape index (κ2) is 6.76. The minimum absolute atomic E-state index is 0.0744. The zero-order chi connectivity index (χ0) is 18.0. The molecule has 2 aromatic heterocycles. The molecule has 25 heavy (non-hydrogen) atoms. The molecule has 1 aromatic carbocycles. The van der Waals surface area contributed by atoms with Crippen LogP contribution in [0.25, 0.3) is 11.5 Å². The van der Waals surface area contributed by atoms with E-state index in [-0.39, 0.29) is 11.9 Å². The van der Waals surface area contributed by atoms with Crippen molar-refractivity contribution in [3.8, 4) is 17.2 Å². The fourth-order valence-electron chi connectivity index (χ4n) is 2.44. The number of benzene rings is 1. The third kappa shape index (κ3) is 3.37. The predicted molar refractivity (Wildman–Crippen MR) is 91.6 cm³/mol. The van der Waals surface area contributed by atoms with E-state index >= 15 is 0 Å². The summed E-state index contributed by atoms with van der Waals surface area (Å²) in [4.78, 5) is 12.6. The normalized spacial score (nSPS) is 10.9. The van der Waals surface area contributed by atoms with Crippen LogP contribution in [0.15, 0.2) is 34.9 Å². The summed E-state index contributed by atoms with van der Waals surface area (Å²) in [5.74, 6) is 1.10. The van der Waals surface area contributed by atoms with Gasteiger partial charge in [0, 0.05) is 24.7 Å². The summed E-state index contributed by atoms with van der Waals surface area (Å²) in [7, 11) is 1.54. The number of anilines is 1. The number of carbonyl (C=O) groups excluding carboxylic acids is 1. The Morgan fingerprint density at radius 2 is 2.08 bits per heavy atom. The van der Waals surface area contributed by atoms with Gasteiger partial charge in [-0.25, -0.2) is 0 Å². The third-order valence-corrected chi connectivity index (χ3v) is 3.61. The van der Waals surface area contributed by atoms with Crippen LogP contribution >= 0.6 is 0 Å². The molecule has 0 aliphatic carbocycles. The number of hydrogen-bond donors (Lipinski definition) is 1. The van der Waals surface area contributed by atoms with E-state index in [4.69, 9.17) is 9.15 Å². The number of methoxy groups -OCH3 is 1. The number of nitrogens with one attached hydrogen (secondary N) is 1. The number of aromatic nitrogens is 4. The SMILES string of the molecule is COc1ccc(-c2nnc(C)o2)cc1NC(=O)c1ccnn1C(C)C. The number of nitrogens with zero attached hydrogens (tertiary/aromatic N) is 4. The average molecular weight is 341 g/mol. The van der Waals surface area contributed by atoms with Crippen molar-refractivity contribution in [2.45, 2.75) is 26.8 Å².